The molecule has 0 bridgehead atoms. The predicted octanol–water partition coefficient (Wildman–Crippen LogP) is 2.82. The van der Waals surface area contributed by atoms with Gasteiger partial charge in [0.05, 0.1) is 12.5 Å². The number of rotatable bonds is 3. The van der Waals surface area contributed by atoms with Crippen molar-refractivity contribution in [1.29, 1.82) is 5.26 Å². The molecule has 0 aliphatic heterocycles. The number of aromatic nitrogens is 1. The summed E-state index contributed by atoms with van der Waals surface area (Å²) in [4.78, 5) is 3.55. The molecule has 0 saturated heterocycles. The summed E-state index contributed by atoms with van der Waals surface area (Å²) >= 11 is 5.53. The molecule has 1 aromatic rings. The van der Waals surface area contributed by atoms with Gasteiger partial charge < -0.3 is 0 Å². The molecule has 0 atom stereocenters. The number of pyridine rings is 1. The molecule has 0 aliphatic rings. The average Bonchev–Trinajstić information content (AvgIpc) is 2.18. The summed E-state index contributed by atoms with van der Waals surface area (Å²) in [6.07, 6.45) is -1.31. The molecule has 14 heavy (non-hydrogen) atoms. The molecule has 0 unspecified atom stereocenters. The van der Waals surface area contributed by atoms with Gasteiger partial charge in [-0.3, -0.25) is 4.98 Å². The van der Waals surface area contributed by atoms with Crippen molar-refractivity contribution < 1.29 is 8.78 Å². The van der Waals surface area contributed by atoms with Gasteiger partial charge in [0.1, 0.15) is 5.69 Å². The molecule has 0 N–H and O–H groups in total. The monoisotopic (exact) mass is 216 g/mol. The van der Waals surface area contributed by atoms with Crippen molar-refractivity contribution in [3.8, 4) is 6.07 Å². The normalized spacial score (nSPS) is 10.2. The van der Waals surface area contributed by atoms with Crippen molar-refractivity contribution in [2.75, 3.05) is 0 Å². The van der Waals surface area contributed by atoms with Crippen LogP contribution in [0.3, 0.4) is 0 Å². The molecule has 74 valence electrons. The molecule has 0 spiro atoms. The Kier molecular flexibility index (Phi) is 3.78. The Morgan fingerprint density at radius 2 is 2.29 bits per heavy atom. The maximum atomic E-state index is 12.4. The average molecular weight is 217 g/mol. The van der Waals surface area contributed by atoms with Crippen LogP contribution in [0.25, 0.3) is 0 Å². The smallest absolute Gasteiger partial charge is 0.255 e. The van der Waals surface area contributed by atoms with Gasteiger partial charge in [-0.25, -0.2) is 8.78 Å². The topological polar surface area (TPSA) is 36.7 Å². The molecule has 0 saturated carbocycles. The summed E-state index contributed by atoms with van der Waals surface area (Å²) in [5.41, 5.74) is 0.464. The van der Waals surface area contributed by atoms with E-state index in [1.54, 1.807) is 0 Å². The maximum Gasteiger partial charge on any atom is 0.280 e. The number of nitrogens with zero attached hydrogens (tertiary/aromatic N) is 2. The van der Waals surface area contributed by atoms with Gasteiger partial charge in [-0.15, -0.1) is 11.6 Å². The third-order valence-electron chi connectivity index (χ3n) is 1.80. The van der Waals surface area contributed by atoms with E-state index < -0.39 is 6.43 Å². The summed E-state index contributed by atoms with van der Waals surface area (Å²) in [7, 11) is 0. The number of hydrogen-bond donors (Lipinski definition) is 0. The highest BCUT2D eigenvalue weighted by Crippen LogP contribution is 2.24. The van der Waals surface area contributed by atoms with Crippen molar-refractivity contribution >= 4 is 11.6 Å². The molecule has 0 aliphatic carbocycles. The zero-order valence-corrected chi connectivity index (χ0v) is 7.93. The third-order valence-corrected chi connectivity index (χ3v) is 2.06. The largest absolute Gasteiger partial charge is 0.280 e. The summed E-state index contributed by atoms with van der Waals surface area (Å²) in [6, 6.07) is 3.43. The number of alkyl halides is 3. The van der Waals surface area contributed by atoms with E-state index in [4.69, 9.17) is 16.9 Å². The van der Waals surface area contributed by atoms with Crippen LogP contribution >= 0.6 is 11.6 Å². The highest BCUT2D eigenvalue weighted by Gasteiger charge is 2.16. The first-order chi connectivity index (χ1) is 6.70. The van der Waals surface area contributed by atoms with E-state index in [-0.39, 0.29) is 23.6 Å². The van der Waals surface area contributed by atoms with Gasteiger partial charge in [0.2, 0.25) is 0 Å². The Labute approximate surface area is 85.1 Å². The molecule has 1 heterocycles. The van der Waals surface area contributed by atoms with E-state index >= 15 is 0 Å². The van der Waals surface area contributed by atoms with Crippen LogP contribution < -0.4 is 0 Å². The zero-order chi connectivity index (χ0) is 10.6. The van der Waals surface area contributed by atoms with Crippen molar-refractivity contribution in [2.24, 2.45) is 0 Å². The zero-order valence-electron chi connectivity index (χ0n) is 7.17. The first kappa shape index (κ1) is 10.9. The second-order valence-corrected chi connectivity index (χ2v) is 2.87. The number of halogens is 3. The second-order valence-electron chi connectivity index (χ2n) is 2.60. The number of nitriles is 1. The van der Waals surface area contributed by atoms with Gasteiger partial charge in [0.15, 0.2) is 0 Å². The first-order valence-electron chi connectivity index (χ1n) is 3.88. The SMILES string of the molecule is N#CCc1ccnc(C(F)F)c1CCl. The Morgan fingerprint density at radius 3 is 2.79 bits per heavy atom. The fourth-order valence-electron chi connectivity index (χ4n) is 1.14. The van der Waals surface area contributed by atoms with Gasteiger partial charge in [-0.1, -0.05) is 0 Å². The summed E-state index contributed by atoms with van der Waals surface area (Å²) in [5.74, 6) is -0.0511. The van der Waals surface area contributed by atoms with Crippen LogP contribution in [0.1, 0.15) is 23.2 Å². The minimum Gasteiger partial charge on any atom is -0.255 e. The van der Waals surface area contributed by atoms with E-state index in [0.717, 1.165) is 0 Å². The van der Waals surface area contributed by atoms with Crippen LogP contribution in [0.2, 0.25) is 0 Å². The molecule has 0 amide bonds. The third kappa shape index (κ3) is 2.18. The van der Waals surface area contributed by atoms with Crippen molar-refractivity contribution in [1.82, 2.24) is 4.98 Å². The summed E-state index contributed by atoms with van der Waals surface area (Å²) in [6.45, 7) is 0. The lowest BCUT2D eigenvalue weighted by molar-refractivity contribution is 0.145. The lowest BCUT2D eigenvalue weighted by Gasteiger charge is -2.08. The molecule has 0 fully saturated rings. The van der Waals surface area contributed by atoms with E-state index in [0.29, 0.717) is 5.56 Å². The molecule has 0 radical (unpaired) electrons. The van der Waals surface area contributed by atoms with Gasteiger partial charge >= 0.3 is 0 Å². The van der Waals surface area contributed by atoms with Gasteiger partial charge in [-0.05, 0) is 17.2 Å². The van der Waals surface area contributed by atoms with Crippen LogP contribution in [0.5, 0.6) is 0 Å². The molecule has 0 aromatic carbocycles. The Morgan fingerprint density at radius 1 is 1.57 bits per heavy atom. The van der Waals surface area contributed by atoms with Crippen LogP contribution in [-0.2, 0) is 12.3 Å². The quantitative estimate of drug-likeness (QED) is 0.729. The highest BCUT2D eigenvalue weighted by atomic mass is 35.5. The Hall–Kier alpha value is -1.21. The van der Waals surface area contributed by atoms with Gasteiger partial charge in [-0.2, -0.15) is 5.26 Å². The maximum absolute atomic E-state index is 12.4. The molecular formula is C9H7ClF2N2. The van der Waals surface area contributed by atoms with Crippen LogP contribution in [-0.4, -0.2) is 4.98 Å². The molecule has 1 rings (SSSR count). The van der Waals surface area contributed by atoms with Gasteiger partial charge in [0.25, 0.3) is 6.43 Å². The predicted molar refractivity (Wildman–Crippen MR) is 48.1 cm³/mol. The fourth-order valence-corrected chi connectivity index (χ4v) is 1.45. The van der Waals surface area contributed by atoms with Crippen LogP contribution in [0.4, 0.5) is 8.78 Å². The Bertz CT molecular complexity index is 360. The molecular weight excluding hydrogens is 210 g/mol. The second kappa shape index (κ2) is 4.87. The molecule has 5 heteroatoms. The van der Waals surface area contributed by atoms with Crippen molar-refractivity contribution in [2.45, 2.75) is 18.7 Å². The van der Waals surface area contributed by atoms with Gasteiger partial charge in [0, 0.05) is 12.1 Å². The fraction of sp³-hybridized carbons (Fsp3) is 0.333. The van der Waals surface area contributed by atoms with E-state index in [2.05, 4.69) is 4.98 Å². The Balaban J connectivity index is 3.19. The summed E-state index contributed by atoms with van der Waals surface area (Å²) < 4.78 is 24.9. The van der Waals surface area contributed by atoms with Crippen LogP contribution in [0, 0.1) is 11.3 Å². The lowest BCUT2D eigenvalue weighted by atomic mass is 10.1. The molecule has 1 aromatic heterocycles. The first-order valence-corrected chi connectivity index (χ1v) is 4.41. The van der Waals surface area contributed by atoms with E-state index in [9.17, 15) is 8.78 Å². The van der Waals surface area contributed by atoms with Crippen molar-refractivity contribution in [3.63, 3.8) is 0 Å². The lowest BCUT2D eigenvalue weighted by Crippen LogP contribution is -2.01. The standard InChI is InChI=1S/C9H7ClF2N2/c10-5-7-6(1-3-13)2-4-14-8(7)9(11)12/h2,4,9H,1,5H2. The molecule has 2 nitrogen and oxygen atoms in total. The minimum atomic E-state index is -2.65. The number of hydrogen-bond acceptors (Lipinski definition) is 2. The minimum absolute atomic E-state index is 0.0511. The highest BCUT2D eigenvalue weighted by molar-refractivity contribution is 6.17. The van der Waals surface area contributed by atoms with Crippen LogP contribution in [0.15, 0.2) is 12.3 Å². The summed E-state index contributed by atoms with van der Waals surface area (Å²) in [5, 5.41) is 8.47. The van der Waals surface area contributed by atoms with E-state index in [1.807, 2.05) is 6.07 Å². The van der Waals surface area contributed by atoms with E-state index in [1.165, 1.54) is 12.3 Å². The van der Waals surface area contributed by atoms with Crippen molar-refractivity contribution in [3.05, 3.63) is 29.1 Å².